The summed E-state index contributed by atoms with van der Waals surface area (Å²) in [6.07, 6.45) is -0.0822. The lowest BCUT2D eigenvalue weighted by atomic mass is 10.2. The Morgan fingerprint density at radius 1 is 1.18 bits per heavy atom. The van der Waals surface area contributed by atoms with Gasteiger partial charge in [0.05, 0.1) is 11.7 Å². The molecule has 0 aliphatic rings. The van der Waals surface area contributed by atoms with Gasteiger partial charge in [0.1, 0.15) is 0 Å². The van der Waals surface area contributed by atoms with Crippen LogP contribution in [0, 0.1) is 5.92 Å². The fourth-order valence-corrected chi connectivity index (χ4v) is 1.33. The van der Waals surface area contributed by atoms with Crippen molar-refractivity contribution in [2.24, 2.45) is 5.92 Å². The van der Waals surface area contributed by atoms with Crippen LogP contribution >= 0.6 is 0 Å². The Labute approximate surface area is 103 Å². The molecule has 0 radical (unpaired) electrons. The second-order valence-electron chi connectivity index (χ2n) is 4.81. The van der Waals surface area contributed by atoms with E-state index in [9.17, 15) is 4.79 Å². The van der Waals surface area contributed by atoms with Crippen LogP contribution in [0.4, 0.5) is 5.69 Å². The van der Waals surface area contributed by atoms with Gasteiger partial charge in [-0.15, -0.1) is 0 Å². The molecule has 0 aliphatic heterocycles. The molecule has 0 saturated carbocycles. The quantitative estimate of drug-likeness (QED) is 0.796. The van der Waals surface area contributed by atoms with Gasteiger partial charge in [-0.25, -0.2) is 4.79 Å². The highest BCUT2D eigenvalue weighted by Gasteiger charge is 2.08. The van der Waals surface area contributed by atoms with Crippen molar-refractivity contribution in [2.75, 3.05) is 11.9 Å². The lowest BCUT2D eigenvalue weighted by Crippen LogP contribution is -2.12. The minimum atomic E-state index is -0.268. The standard InChI is InChI=1S/C14H21NO2/c1-10(2)9-15-13-7-5-12(6-8-13)14(16)17-11(3)4/h5-8,10-11,15H,9H2,1-4H3. The topological polar surface area (TPSA) is 38.3 Å². The van der Waals surface area contributed by atoms with Crippen molar-refractivity contribution >= 4 is 11.7 Å². The van der Waals surface area contributed by atoms with Gasteiger partial charge in [-0.05, 0) is 44.0 Å². The summed E-state index contributed by atoms with van der Waals surface area (Å²) < 4.78 is 5.11. The Kier molecular flexibility index (Phi) is 5.01. The van der Waals surface area contributed by atoms with Crippen molar-refractivity contribution in [3.05, 3.63) is 29.8 Å². The number of nitrogens with one attached hydrogen (secondary N) is 1. The predicted octanol–water partition coefficient (Wildman–Crippen LogP) is 3.32. The molecular formula is C14H21NO2. The SMILES string of the molecule is CC(C)CNc1ccc(C(=O)OC(C)C)cc1. The summed E-state index contributed by atoms with van der Waals surface area (Å²) in [5.41, 5.74) is 1.62. The molecule has 0 aliphatic carbocycles. The van der Waals surface area contributed by atoms with Crippen LogP contribution in [0.15, 0.2) is 24.3 Å². The highest BCUT2D eigenvalue weighted by molar-refractivity contribution is 5.89. The average Bonchev–Trinajstić information content (AvgIpc) is 2.26. The van der Waals surface area contributed by atoms with Crippen molar-refractivity contribution in [3.8, 4) is 0 Å². The summed E-state index contributed by atoms with van der Waals surface area (Å²) in [4.78, 5) is 11.6. The molecule has 1 N–H and O–H groups in total. The summed E-state index contributed by atoms with van der Waals surface area (Å²) in [5.74, 6) is 0.330. The third-order valence-electron chi connectivity index (χ3n) is 2.18. The van der Waals surface area contributed by atoms with Crippen LogP contribution in [-0.4, -0.2) is 18.6 Å². The fourth-order valence-electron chi connectivity index (χ4n) is 1.33. The molecule has 94 valence electrons. The Bertz CT molecular complexity index is 355. The zero-order chi connectivity index (χ0) is 12.8. The summed E-state index contributed by atoms with van der Waals surface area (Å²) >= 11 is 0. The minimum absolute atomic E-state index is 0.0822. The summed E-state index contributed by atoms with van der Waals surface area (Å²) in [7, 11) is 0. The normalized spacial score (nSPS) is 10.7. The van der Waals surface area contributed by atoms with Crippen molar-refractivity contribution in [1.82, 2.24) is 0 Å². The number of carbonyl (C=O) groups is 1. The lowest BCUT2D eigenvalue weighted by Gasteiger charge is -2.10. The van der Waals surface area contributed by atoms with E-state index in [1.165, 1.54) is 0 Å². The molecule has 0 aromatic heterocycles. The highest BCUT2D eigenvalue weighted by atomic mass is 16.5. The maximum Gasteiger partial charge on any atom is 0.338 e. The van der Waals surface area contributed by atoms with Gasteiger partial charge in [-0.1, -0.05) is 13.8 Å². The number of rotatable bonds is 5. The van der Waals surface area contributed by atoms with Gasteiger partial charge in [0.25, 0.3) is 0 Å². The maximum atomic E-state index is 11.6. The number of esters is 1. The van der Waals surface area contributed by atoms with Crippen molar-refractivity contribution in [2.45, 2.75) is 33.8 Å². The van der Waals surface area contributed by atoms with E-state index in [4.69, 9.17) is 4.74 Å². The maximum absolute atomic E-state index is 11.6. The molecular weight excluding hydrogens is 214 g/mol. The first-order valence-corrected chi connectivity index (χ1v) is 6.04. The zero-order valence-corrected chi connectivity index (χ0v) is 11.0. The van der Waals surface area contributed by atoms with Gasteiger partial charge in [-0.3, -0.25) is 0 Å². The van der Waals surface area contributed by atoms with E-state index < -0.39 is 0 Å². The second kappa shape index (κ2) is 6.28. The Morgan fingerprint density at radius 2 is 1.76 bits per heavy atom. The third kappa shape index (κ3) is 4.89. The molecule has 0 amide bonds. The van der Waals surface area contributed by atoms with Gasteiger partial charge in [0.2, 0.25) is 0 Å². The first-order chi connectivity index (χ1) is 7.99. The van der Waals surface area contributed by atoms with Crippen LogP contribution < -0.4 is 5.32 Å². The molecule has 3 heteroatoms. The summed E-state index contributed by atoms with van der Waals surface area (Å²) in [6, 6.07) is 7.37. The number of ether oxygens (including phenoxy) is 1. The van der Waals surface area contributed by atoms with Gasteiger partial charge >= 0.3 is 5.97 Å². The minimum Gasteiger partial charge on any atom is -0.459 e. The molecule has 0 spiro atoms. The number of anilines is 1. The molecule has 0 fully saturated rings. The number of hydrogen-bond acceptors (Lipinski definition) is 3. The van der Waals surface area contributed by atoms with Crippen LogP contribution in [0.2, 0.25) is 0 Å². The van der Waals surface area contributed by atoms with Gasteiger partial charge in [0.15, 0.2) is 0 Å². The highest BCUT2D eigenvalue weighted by Crippen LogP contribution is 2.11. The Hall–Kier alpha value is -1.51. The molecule has 0 bridgehead atoms. The van der Waals surface area contributed by atoms with Crippen LogP contribution in [-0.2, 0) is 4.74 Å². The number of benzene rings is 1. The fraction of sp³-hybridized carbons (Fsp3) is 0.500. The molecule has 1 rings (SSSR count). The predicted molar refractivity (Wildman–Crippen MR) is 70.3 cm³/mol. The van der Waals surface area contributed by atoms with E-state index in [1.807, 2.05) is 26.0 Å². The Balaban J connectivity index is 2.58. The molecule has 0 atom stereocenters. The van der Waals surface area contributed by atoms with E-state index in [-0.39, 0.29) is 12.1 Å². The van der Waals surface area contributed by atoms with E-state index in [0.717, 1.165) is 12.2 Å². The van der Waals surface area contributed by atoms with Crippen LogP contribution in [0.3, 0.4) is 0 Å². The van der Waals surface area contributed by atoms with E-state index in [0.29, 0.717) is 11.5 Å². The van der Waals surface area contributed by atoms with E-state index in [1.54, 1.807) is 12.1 Å². The average molecular weight is 235 g/mol. The van der Waals surface area contributed by atoms with Crippen molar-refractivity contribution in [3.63, 3.8) is 0 Å². The molecule has 0 unspecified atom stereocenters. The lowest BCUT2D eigenvalue weighted by molar-refractivity contribution is 0.0378. The van der Waals surface area contributed by atoms with Gasteiger partial charge in [-0.2, -0.15) is 0 Å². The molecule has 17 heavy (non-hydrogen) atoms. The van der Waals surface area contributed by atoms with E-state index in [2.05, 4.69) is 19.2 Å². The Morgan fingerprint density at radius 3 is 2.24 bits per heavy atom. The van der Waals surface area contributed by atoms with Crippen LogP contribution in [0.25, 0.3) is 0 Å². The second-order valence-corrected chi connectivity index (χ2v) is 4.81. The van der Waals surface area contributed by atoms with Gasteiger partial charge in [0, 0.05) is 12.2 Å². The molecule has 0 heterocycles. The van der Waals surface area contributed by atoms with E-state index >= 15 is 0 Å². The first-order valence-electron chi connectivity index (χ1n) is 6.04. The number of carbonyl (C=O) groups excluding carboxylic acids is 1. The first kappa shape index (κ1) is 13.6. The van der Waals surface area contributed by atoms with Crippen molar-refractivity contribution < 1.29 is 9.53 Å². The van der Waals surface area contributed by atoms with Crippen LogP contribution in [0.5, 0.6) is 0 Å². The monoisotopic (exact) mass is 235 g/mol. The van der Waals surface area contributed by atoms with Crippen LogP contribution in [0.1, 0.15) is 38.1 Å². The number of hydrogen-bond donors (Lipinski definition) is 1. The molecule has 1 aromatic rings. The zero-order valence-electron chi connectivity index (χ0n) is 11.0. The van der Waals surface area contributed by atoms with Gasteiger partial charge < -0.3 is 10.1 Å². The molecule has 3 nitrogen and oxygen atoms in total. The third-order valence-corrected chi connectivity index (χ3v) is 2.18. The summed E-state index contributed by atoms with van der Waals surface area (Å²) in [6.45, 7) is 8.92. The molecule has 1 aromatic carbocycles. The smallest absolute Gasteiger partial charge is 0.338 e. The summed E-state index contributed by atoms with van der Waals surface area (Å²) in [5, 5.41) is 3.30. The molecule has 0 saturated heterocycles. The van der Waals surface area contributed by atoms with Crippen molar-refractivity contribution in [1.29, 1.82) is 0 Å². The largest absolute Gasteiger partial charge is 0.459 e.